The van der Waals surface area contributed by atoms with Gasteiger partial charge in [0.1, 0.15) is 11.5 Å². The van der Waals surface area contributed by atoms with E-state index in [4.69, 9.17) is 9.47 Å². The van der Waals surface area contributed by atoms with Crippen LogP contribution in [-0.2, 0) is 21.2 Å². The van der Waals surface area contributed by atoms with Gasteiger partial charge in [0.2, 0.25) is 15.9 Å². The SMILES string of the molecule is COc1ccc(OC)c([C@@H](C)NS(=O)(=O)c2ccc3c(c2)CCC(=O)N3)c1. The summed E-state index contributed by atoms with van der Waals surface area (Å²) in [6.45, 7) is 1.74. The van der Waals surface area contributed by atoms with Crippen LogP contribution in [0.25, 0.3) is 0 Å². The van der Waals surface area contributed by atoms with E-state index in [1.165, 1.54) is 13.2 Å². The third-order valence-electron chi connectivity index (χ3n) is 4.52. The molecular formula is C19H22N2O5S. The van der Waals surface area contributed by atoms with Crippen molar-refractivity contribution in [3.63, 3.8) is 0 Å². The molecule has 2 aromatic carbocycles. The van der Waals surface area contributed by atoms with Crippen molar-refractivity contribution in [2.75, 3.05) is 19.5 Å². The van der Waals surface area contributed by atoms with E-state index in [0.717, 1.165) is 5.56 Å². The van der Waals surface area contributed by atoms with Crippen molar-refractivity contribution in [2.45, 2.75) is 30.7 Å². The number of aryl methyl sites for hydroxylation is 1. The number of nitrogens with one attached hydrogen (secondary N) is 2. The number of ether oxygens (including phenoxy) is 2. The number of sulfonamides is 1. The molecular weight excluding hydrogens is 368 g/mol. The van der Waals surface area contributed by atoms with Gasteiger partial charge >= 0.3 is 0 Å². The lowest BCUT2D eigenvalue weighted by atomic mass is 10.0. The minimum absolute atomic E-state index is 0.0602. The van der Waals surface area contributed by atoms with Crippen LogP contribution in [0.2, 0.25) is 0 Å². The molecule has 0 aromatic heterocycles. The highest BCUT2D eigenvalue weighted by atomic mass is 32.2. The molecule has 2 aromatic rings. The molecule has 0 aliphatic carbocycles. The molecule has 1 aliphatic rings. The van der Waals surface area contributed by atoms with E-state index in [9.17, 15) is 13.2 Å². The van der Waals surface area contributed by atoms with Gasteiger partial charge in [0.25, 0.3) is 0 Å². The number of hydrogen-bond acceptors (Lipinski definition) is 5. The minimum atomic E-state index is -3.76. The number of hydrogen-bond donors (Lipinski definition) is 2. The van der Waals surface area contributed by atoms with Crippen LogP contribution in [0.3, 0.4) is 0 Å². The van der Waals surface area contributed by atoms with Crippen LogP contribution in [0.4, 0.5) is 5.69 Å². The zero-order valence-electron chi connectivity index (χ0n) is 15.4. The summed E-state index contributed by atoms with van der Waals surface area (Å²) in [6.07, 6.45) is 0.866. The summed E-state index contributed by atoms with van der Waals surface area (Å²) in [7, 11) is -0.678. The minimum Gasteiger partial charge on any atom is -0.497 e. The summed E-state index contributed by atoms with van der Waals surface area (Å²) in [5, 5.41) is 2.75. The Morgan fingerprint density at radius 1 is 1.07 bits per heavy atom. The lowest BCUT2D eigenvalue weighted by Gasteiger charge is -2.20. The monoisotopic (exact) mass is 390 g/mol. The maximum absolute atomic E-state index is 12.8. The van der Waals surface area contributed by atoms with Crippen molar-refractivity contribution in [2.24, 2.45) is 0 Å². The number of fused-ring (bicyclic) bond motifs is 1. The van der Waals surface area contributed by atoms with Gasteiger partial charge in [-0.3, -0.25) is 4.79 Å². The van der Waals surface area contributed by atoms with Crippen molar-refractivity contribution < 1.29 is 22.7 Å². The van der Waals surface area contributed by atoms with Crippen molar-refractivity contribution >= 4 is 21.6 Å². The zero-order chi connectivity index (χ0) is 19.6. The number of methoxy groups -OCH3 is 2. The Balaban J connectivity index is 1.87. The van der Waals surface area contributed by atoms with Gasteiger partial charge in [-0.15, -0.1) is 0 Å². The summed E-state index contributed by atoms with van der Waals surface area (Å²) < 4.78 is 38.9. The Kier molecular flexibility index (Phi) is 5.38. The first-order chi connectivity index (χ1) is 12.8. The highest BCUT2D eigenvalue weighted by Gasteiger charge is 2.23. The topological polar surface area (TPSA) is 93.7 Å². The van der Waals surface area contributed by atoms with Gasteiger partial charge in [-0.1, -0.05) is 0 Å². The summed E-state index contributed by atoms with van der Waals surface area (Å²) in [5.41, 5.74) is 2.14. The predicted molar refractivity (Wildman–Crippen MR) is 102 cm³/mol. The molecule has 2 N–H and O–H groups in total. The second kappa shape index (κ2) is 7.58. The van der Waals surface area contributed by atoms with Crippen LogP contribution in [0.5, 0.6) is 11.5 Å². The Labute approximate surface area is 158 Å². The number of anilines is 1. The molecule has 0 radical (unpaired) electrons. The van der Waals surface area contributed by atoms with Gasteiger partial charge in [-0.05, 0) is 55.3 Å². The first kappa shape index (κ1) is 19.2. The first-order valence-electron chi connectivity index (χ1n) is 8.51. The molecule has 0 unspecified atom stereocenters. The fraction of sp³-hybridized carbons (Fsp3) is 0.316. The van der Waals surface area contributed by atoms with E-state index in [0.29, 0.717) is 35.6 Å². The second-order valence-electron chi connectivity index (χ2n) is 6.32. The molecule has 7 nitrogen and oxygen atoms in total. The molecule has 1 aliphatic heterocycles. The first-order valence-corrected chi connectivity index (χ1v) is 9.99. The molecule has 1 heterocycles. The van der Waals surface area contributed by atoms with Crippen LogP contribution in [0.1, 0.15) is 30.5 Å². The third kappa shape index (κ3) is 4.06. The Hall–Kier alpha value is -2.58. The maximum atomic E-state index is 12.8. The second-order valence-corrected chi connectivity index (χ2v) is 8.03. The highest BCUT2D eigenvalue weighted by Crippen LogP contribution is 2.31. The van der Waals surface area contributed by atoms with Crippen LogP contribution < -0.4 is 19.5 Å². The zero-order valence-corrected chi connectivity index (χ0v) is 16.2. The van der Waals surface area contributed by atoms with Crippen molar-refractivity contribution in [1.82, 2.24) is 4.72 Å². The molecule has 0 saturated heterocycles. The molecule has 0 saturated carbocycles. The van der Waals surface area contributed by atoms with Gasteiger partial charge in [-0.25, -0.2) is 13.1 Å². The van der Waals surface area contributed by atoms with E-state index in [-0.39, 0.29) is 10.8 Å². The Morgan fingerprint density at radius 3 is 2.56 bits per heavy atom. The van der Waals surface area contributed by atoms with Crippen molar-refractivity contribution in [3.05, 3.63) is 47.5 Å². The van der Waals surface area contributed by atoms with Gasteiger partial charge < -0.3 is 14.8 Å². The fourth-order valence-corrected chi connectivity index (χ4v) is 4.34. The van der Waals surface area contributed by atoms with Gasteiger partial charge in [0.05, 0.1) is 19.1 Å². The van der Waals surface area contributed by atoms with Gasteiger partial charge in [0, 0.05) is 23.7 Å². The van der Waals surface area contributed by atoms with E-state index in [1.54, 1.807) is 44.4 Å². The standard InChI is InChI=1S/C19H22N2O5S/c1-12(16-11-14(25-2)5-8-18(16)26-3)21-27(23,24)15-6-7-17-13(10-15)4-9-19(22)20-17/h5-8,10-12,21H,4,9H2,1-3H3,(H,20,22)/t12-/m1/s1. The van der Waals surface area contributed by atoms with Gasteiger partial charge in [0.15, 0.2) is 0 Å². The average molecular weight is 390 g/mol. The maximum Gasteiger partial charge on any atom is 0.241 e. The molecule has 144 valence electrons. The summed E-state index contributed by atoms with van der Waals surface area (Å²) in [6, 6.07) is 9.42. The Bertz CT molecular complexity index is 972. The van der Waals surface area contributed by atoms with Crippen molar-refractivity contribution in [3.8, 4) is 11.5 Å². The van der Waals surface area contributed by atoms with Crippen LogP contribution in [0, 0.1) is 0 Å². The molecule has 0 bridgehead atoms. The van der Waals surface area contributed by atoms with E-state index in [1.807, 2.05) is 0 Å². The molecule has 1 amide bonds. The summed E-state index contributed by atoms with van der Waals surface area (Å²) >= 11 is 0. The number of carbonyl (C=O) groups is 1. The van der Waals surface area contributed by atoms with Crippen LogP contribution in [0.15, 0.2) is 41.3 Å². The molecule has 3 rings (SSSR count). The smallest absolute Gasteiger partial charge is 0.241 e. The quantitative estimate of drug-likeness (QED) is 0.791. The predicted octanol–water partition coefficient (Wildman–Crippen LogP) is 2.63. The number of rotatable bonds is 6. The molecule has 0 fully saturated rings. The van der Waals surface area contributed by atoms with Crippen LogP contribution in [-0.4, -0.2) is 28.5 Å². The highest BCUT2D eigenvalue weighted by molar-refractivity contribution is 7.89. The molecule has 1 atom stereocenters. The lowest BCUT2D eigenvalue weighted by molar-refractivity contribution is -0.116. The van der Waals surface area contributed by atoms with Crippen molar-refractivity contribution in [1.29, 1.82) is 0 Å². The number of amides is 1. The van der Waals surface area contributed by atoms with E-state index in [2.05, 4.69) is 10.0 Å². The van der Waals surface area contributed by atoms with E-state index >= 15 is 0 Å². The largest absolute Gasteiger partial charge is 0.497 e. The average Bonchev–Trinajstić information content (AvgIpc) is 2.66. The lowest BCUT2D eigenvalue weighted by Crippen LogP contribution is -2.27. The summed E-state index contributed by atoms with van der Waals surface area (Å²) in [5.74, 6) is 1.12. The molecule has 27 heavy (non-hydrogen) atoms. The Morgan fingerprint density at radius 2 is 1.85 bits per heavy atom. The van der Waals surface area contributed by atoms with E-state index < -0.39 is 16.1 Å². The van der Waals surface area contributed by atoms with Crippen LogP contribution >= 0.6 is 0 Å². The third-order valence-corrected chi connectivity index (χ3v) is 6.06. The molecule has 0 spiro atoms. The normalized spacial score (nSPS) is 14.9. The number of benzene rings is 2. The fourth-order valence-electron chi connectivity index (χ4n) is 3.07. The molecule has 8 heteroatoms. The summed E-state index contributed by atoms with van der Waals surface area (Å²) in [4.78, 5) is 11.6. The van der Waals surface area contributed by atoms with Gasteiger partial charge in [-0.2, -0.15) is 0 Å². The number of carbonyl (C=O) groups excluding carboxylic acids is 1.